The highest BCUT2D eigenvalue weighted by atomic mass is 79.9. The van der Waals surface area contributed by atoms with Gasteiger partial charge in [0.05, 0.1) is 13.2 Å². The van der Waals surface area contributed by atoms with E-state index in [9.17, 15) is 0 Å². The zero-order valence-corrected chi connectivity index (χ0v) is 12.5. The molecule has 2 rings (SSSR count). The predicted molar refractivity (Wildman–Crippen MR) is 76.3 cm³/mol. The highest BCUT2D eigenvalue weighted by Gasteiger charge is 2.21. The van der Waals surface area contributed by atoms with Crippen LogP contribution in [0.2, 0.25) is 0 Å². The minimum absolute atomic E-state index is 0.645. The number of rotatable bonds is 7. The van der Waals surface area contributed by atoms with Crippen molar-refractivity contribution in [1.82, 2.24) is 5.32 Å². The van der Waals surface area contributed by atoms with Crippen molar-refractivity contribution in [1.29, 1.82) is 0 Å². The molecule has 1 aromatic carbocycles. The molecule has 0 heterocycles. The van der Waals surface area contributed by atoms with Gasteiger partial charge >= 0.3 is 0 Å². The van der Waals surface area contributed by atoms with Crippen molar-refractivity contribution in [3.63, 3.8) is 0 Å². The summed E-state index contributed by atoms with van der Waals surface area (Å²) in [4.78, 5) is 0. The maximum absolute atomic E-state index is 5.63. The van der Waals surface area contributed by atoms with Crippen molar-refractivity contribution in [3.8, 4) is 11.5 Å². The van der Waals surface area contributed by atoms with E-state index in [2.05, 4.69) is 27.3 Å². The average molecular weight is 314 g/mol. The summed E-state index contributed by atoms with van der Waals surface area (Å²) in [5.74, 6) is 1.64. The van der Waals surface area contributed by atoms with Crippen molar-refractivity contribution in [3.05, 3.63) is 22.2 Å². The van der Waals surface area contributed by atoms with Crippen molar-refractivity contribution >= 4 is 15.9 Å². The summed E-state index contributed by atoms with van der Waals surface area (Å²) >= 11 is 3.60. The Morgan fingerprint density at radius 3 is 2.33 bits per heavy atom. The molecule has 18 heavy (non-hydrogen) atoms. The van der Waals surface area contributed by atoms with Crippen LogP contribution in [-0.2, 0) is 6.54 Å². The molecule has 0 bridgehead atoms. The topological polar surface area (TPSA) is 30.5 Å². The fourth-order valence-corrected chi connectivity index (χ4v) is 2.25. The van der Waals surface area contributed by atoms with Crippen LogP contribution in [0.1, 0.15) is 32.3 Å². The summed E-state index contributed by atoms with van der Waals surface area (Å²) in [5, 5.41) is 3.51. The van der Waals surface area contributed by atoms with Crippen LogP contribution >= 0.6 is 15.9 Å². The molecule has 1 N–H and O–H groups in total. The zero-order valence-electron chi connectivity index (χ0n) is 11.0. The second kappa shape index (κ2) is 6.43. The SMILES string of the molecule is CCOc1cc(Br)c(CNC2CC2)cc1OCC. The van der Waals surface area contributed by atoms with Crippen LogP contribution in [0.25, 0.3) is 0 Å². The molecule has 1 aliphatic carbocycles. The van der Waals surface area contributed by atoms with E-state index in [1.165, 1.54) is 18.4 Å². The van der Waals surface area contributed by atoms with Gasteiger partial charge in [0.1, 0.15) is 0 Å². The van der Waals surface area contributed by atoms with E-state index in [0.717, 1.165) is 22.5 Å². The van der Waals surface area contributed by atoms with Gasteiger partial charge in [-0.2, -0.15) is 0 Å². The standard InChI is InChI=1S/C14H20BrNO2/c1-3-17-13-7-10(9-16-11-5-6-11)12(15)8-14(13)18-4-2/h7-8,11,16H,3-6,9H2,1-2H3. The number of halogens is 1. The summed E-state index contributed by atoms with van der Waals surface area (Å²) in [6.45, 7) is 6.13. The van der Waals surface area contributed by atoms with Gasteiger partial charge in [0.15, 0.2) is 11.5 Å². The van der Waals surface area contributed by atoms with Crippen molar-refractivity contribution in [2.24, 2.45) is 0 Å². The second-order valence-electron chi connectivity index (χ2n) is 4.41. The Labute approximate surface area is 117 Å². The molecule has 4 heteroatoms. The predicted octanol–water partition coefficient (Wildman–Crippen LogP) is 3.50. The van der Waals surface area contributed by atoms with Crippen LogP contribution in [-0.4, -0.2) is 19.3 Å². The van der Waals surface area contributed by atoms with Crippen LogP contribution in [0.3, 0.4) is 0 Å². The number of ether oxygens (including phenoxy) is 2. The van der Waals surface area contributed by atoms with Gasteiger partial charge in [-0.1, -0.05) is 15.9 Å². The van der Waals surface area contributed by atoms with Gasteiger partial charge < -0.3 is 14.8 Å². The van der Waals surface area contributed by atoms with Gasteiger partial charge in [0.2, 0.25) is 0 Å². The highest BCUT2D eigenvalue weighted by Crippen LogP contribution is 2.34. The van der Waals surface area contributed by atoms with Crippen LogP contribution < -0.4 is 14.8 Å². The van der Waals surface area contributed by atoms with E-state index in [0.29, 0.717) is 19.3 Å². The summed E-state index contributed by atoms with van der Waals surface area (Å²) in [5.41, 5.74) is 1.22. The van der Waals surface area contributed by atoms with E-state index < -0.39 is 0 Å². The Kier molecular flexibility index (Phi) is 4.89. The average Bonchev–Trinajstić information content (AvgIpc) is 3.15. The molecular weight excluding hydrogens is 294 g/mol. The van der Waals surface area contributed by atoms with Crippen LogP contribution in [0, 0.1) is 0 Å². The third-order valence-corrected chi connectivity index (χ3v) is 3.61. The molecule has 1 aliphatic rings. The Morgan fingerprint density at radius 1 is 1.17 bits per heavy atom. The van der Waals surface area contributed by atoms with Gasteiger partial charge in [-0.05, 0) is 44.4 Å². The van der Waals surface area contributed by atoms with E-state index >= 15 is 0 Å². The minimum Gasteiger partial charge on any atom is -0.490 e. The molecule has 3 nitrogen and oxygen atoms in total. The lowest BCUT2D eigenvalue weighted by molar-refractivity contribution is 0.287. The largest absolute Gasteiger partial charge is 0.490 e. The molecule has 0 spiro atoms. The van der Waals surface area contributed by atoms with E-state index in [4.69, 9.17) is 9.47 Å². The summed E-state index contributed by atoms with van der Waals surface area (Å²) in [6, 6.07) is 4.77. The van der Waals surface area contributed by atoms with Crippen LogP contribution in [0.4, 0.5) is 0 Å². The van der Waals surface area contributed by atoms with Crippen molar-refractivity contribution < 1.29 is 9.47 Å². The molecule has 0 unspecified atom stereocenters. The second-order valence-corrected chi connectivity index (χ2v) is 5.27. The molecule has 1 fully saturated rings. The van der Waals surface area contributed by atoms with Gasteiger partial charge in [0.25, 0.3) is 0 Å². The third-order valence-electron chi connectivity index (χ3n) is 2.87. The number of nitrogens with one attached hydrogen (secondary N) is 1. The normalized spacial score (nSPS) is 14.6. The molecule has 0 saturated heterocycles. The Bertz CT molecular complexity index is 405. The molecule has 100 valence electrons. The zero-order chi connectivity index (χ0) is 13.0. The first-order chi connectivity index (χ1) is 8.74. The van der Waals surface area contributed by atoms with Crippen molar-refractivity contribution in [2.75, 3.05) is 13.2 Å². The lowest BCUT2D eigenvalue weighted by atomic mass is 10.2. The van der Waals surface area contributed by atoms with E-state index in [1.54, 1.807) is 0 Å². The molecule has 0 aliphatic heterocycles. The maximum Gasteiger partial charge on any atom is 0.162 e. The van der Waals surface area contributed by atoms with Crippen molar-refractivity contribution in [2.45, 2.75) is 39.3 Å². The minimum atomic E-state index is 0.645. The fourth-order valence-electron chi connectivity index (χ4n) is 1.79. The summed E-state index contributed by atoms with van der Waals surface area (Å²) in [7, 11) is 0. The molecule has 0 atom stereocenters. The van der Waals surface area contributed by atoms with Crippen LogP contribution in [0.15, 0.2) is 16.6 Å². The van der Waals surface area contributed by atoms with E-state index in [1.807, 2.05) is 19.9 Å². The fraction of sp³-hybridized carbons (Fsp3) is 0.571. The Morgan fingerprint density at radius 2 is 1.78 bits per heavy atom. The molecule has 0 aromatic heterocycles. The number of hydrogen-bond donors (Lipinski definition) is 1. The van der Waals surface area contributed by atoms with Gasteiger partial charge in [-0.25, -0.2) is 0 Å². The smallest absolute Gasteiger partial charge is 0.162 e. The lowest BCUT2D eigenvalue weighted by Crippen LogP contribution is -2.15. The molecule has 0 amide bonds. The highest BCUT2D eigenvalue weighted by molar-refractivity contribution is 9.10. The first kappa shape index (κ1) is 13.7. The van der Waals surface area contributed by atoms with E-state index in [-0.39, 0.29) is 0 Å². The number of hydrogen-bond acceptors (Lipinski definition) is 3. The maximum atomic E-state index is 5.63. The first-order valence-corrected chi connectivity index (χ1v) is 7.35. The monoisotopic (exact) mass is 313 g/mol. The lowest BCUT2D eigenvalue weighted by Gasteiger charge is -2.14. The van der Waals surface area contributed by atoms with Gasteiger partial charge in [0, 0.05) is 17.1 Å². The van der Waals surface area contributed by atoms with Gasteiger partial charge in [-0.3, -0.25) is 0 Å². The quantitative estimate of drug-likeness (QED) is 0.835. The van der Waals surface area contributed by atoms with Gasteiger partial charge in [-0.15, -0.1) is 0 Å². The molecule has 1 aromatic rings. The first-order valence-electron chi connectivity index (χ1n) is 6.56. The summed E-state index contributed by atoms with van der Waals surface area (Å²) in [6.07, 6.45) is 2.60. The summed E-state index contributed by atoms with van der Waals surface area (Å²) < 4.78 is 12.3. The third kappa shape index (κ3) is 3.62. The molecular formula is C14H20BrNO2. The Balaban J connectivity index is 2.14. The molecule has 0 radical (unpaired) electrons. The van der Waals surface area contributed by atoms with Crippen LogP contribution in [0.5, 0.6) is 11.5 Å². The Hall–Kier alpha value is -0.740. The number of benzene rings is 1. The molecule has 1 saturated carbocycles.